The van der Waals surface area contributed by atoms with Crippen molar-refractivity contribution in [2.75, 3.05) is 4.90 Å². The average molecular weight is 747 g/mol. The summed E-state index contributed by atoms with van der Waals surface area (Å²) in [4.78, 5) is 2.76. The highest BCUT2D eigenvalue weighted by Gasteiger charge is 2.42. The van der Waals surface area contributed by atoms with Gasteiger partial charge in [-0.15, -0.1) is 0 Å². The van der Waals surface area contributed by atoms with Gasteiger partial charge in [0.05, 0.1) is 39.3 Å². The van der Waals surface area contributed by atoms with Crippen LogP contribution in [0.4, 0.5) is 11.4 Å². The molecule has 1 aliphatic heterocycles. The normalized spacial score (nSPS) is 19.0. The molecule has 4 heteroatoms. The molecule has 3 atom stereocenters. The van der Waals surface area contributed by atoms with E-state index in [1.54, 1.807) is 0 Å². The number of hydrogen-bond acceptors (Lipinski definition) is 1. The van der Waals surface area contributed by atoms with Gasteiger partial charge in [-0.25, -0.2) is 0 Å². The van der Waals surface area contributed by atoms with Gasteiger partial charge in [0.15, 0.2) is 0 Å². The van der Waals surface area contributed by atoms with Crippen molar-refractivity contribution in [3.63, 3.8) is 0 Å². The van der Waals surface area contributed by atoms with Crippen molar-refractivity contribution in [2.24, 2.45) is 0 Å². The molecule has 4 heterocycles. The molecule has 0 saturated heterocycles. The third-order valence-electron chi connectivity index (χ3n) is 13.7. The van der Waals surface area contributed by atoms with Crippen LogP contribution in [0.1, 0.15) is 49.6 Å². The standard InChI is InChI=1S/C54H42N4/c1-3-16-35(17-4-1)55-49-29-14-10-25-43(49)53-50(55)31-30-42-39-22-7-13-28-48(39)58(54(42)53)38-21-15-20-37(32-38)57-47-27-12-9-24-41(47)45-33-44-40-23-8-11-26-46(40)56(51(44)34-52(45)57)36-18-5-2-6-19-36/h1-6,8-12,14-18,20-21,23-27,29-34,36,39,48H,7,13,19,22,28H2/t36?,39-,48?/m1/s1. The maximum atomic E-state index is 2.76. The van der Waals surface area contributed by atoms with E-state index >= 15 is 0 Å². The van der Waals surface area contributed by atoms with Crippen LogP contribution in [0, 0.1) is 0 Å². The molecule has 13 rings (SSSR count). The second kappa shape index (κ2) is 12.4. The molecule has 7 aromatic carbocycles. The lowest BCUT2D eigenvalue weighted by Gasteiger charge is -2.34. The van der Waals surface area contributed by atoms with Gasteiger partial charge in [-0.2, -0.15) is 0 Å². The van der Waals surface area contributed by atoms with E-state index in [0.717, 1.165) is 6.42 Å². The van der Waals surface area contributed by atoms with E-state index in [-0.39, 0.29) is 6.04 Å². The molecule has 2 unspecified atom stereocenters. The van der Waals surface area contributed by atoms with Crippen LogP contribution in [0.2, 0.25) is 0 Å². The first-order chi connectivity index (χ1) is 28.8. The third kappa shape index (κ3) is 4.46. The number of nitrogens with zero attached hydrogens (tertiary/aromatic N) is 4. The van der Waals surface area contributed by atoms with E-state index in [1.807, 2.05) is 0 Å². The zero-order valence-corrected chi connectivity index (χ0v) is 32.3. The van der Waals surface area contributed by atoms with Crippen LogP contribution in [0.5, 0.6) is 0 Å². The van der Waals surface area contributed by atoms with E-state index in [1.165, 1.54) is 119 Å². The van der Waals surface area contributed by atoms with E-state index in [9.17, 15) is 0 Å². The van der Waals surface area contributed by atoms with Crippen molar-refractivity contribution in [3.05, 3.63) is 182 Å². The summed E-state index contributed by atoms with van der Waals surface area (Å²) in [5.74, 6) is 0.516. The summed E-state index contributed by atoms with van der Waals surface area (Å²) in [6.07, 6.45) is 15.0. The molecule has 0 N–H and O–H groups in total. The van der Waals surface area contributed by atoms with Gasteiger partial charge in [0, 0.05) is 66.9 Å². The van der Waals surface area contributed by atoms with Crippen molar-refractivity contribution in [2.45, 2.75) is 50.1 Å². The van der Waals surface area contributed by atoms with Crippen LogP contribution >= 0.6 is 0 Å². The first kappa shape index (κ1) is 32.3. The van der Waals surface area contributed by atoms with Crippen LogP contribution in [-0.2, 0) is 0 Å². The molecule has 1 fully saturated rings. The number of benzene rings is 7. The summed E-state index contributed by atoms with van der Waals surface area (Å²) < 4.78 is 7.58. The minimum absolute atomic E-state index is 0.273. The molecule has 278 valence electrons. The molecule has 0 radical (unpaired) electrons. The topological polar surface area (TPSA) is 18.0 Å². The minimum atomic E-state index is 0.273. The predicted octanol–water partition coefficient (Wildman–Crippen LogP) is 14.2. The average Bonchev–Trinajstić information content (AvgIpc) is 4.01. The molecule has 0 amide bonds. The summed E-state index contributed by atoms with van der Waals surface area (Å²) in [6.45, 7) is 0. The Balaban J connectivity index is 1.06. The summed E-state index contributed by atoms with van der Waals surface area (Å²) in [6, 6.07) is 57.9. The molecule has 2 aliphatic carbocycles. The van der Waals surface area contributed by atoms with Crippen molar-refractivity contribution in [1.82, 2.24) is 13.7 Å². The molecule has 0 spiro atoms. The summed E-state index contributed by atoms with van der Waals surface area (Å²) in [7, 11) is 0. The summed E-state index contributed by atoms with van der Waals surface area (Å²) >= 11 is 0. The van der Waals surface area contributed by atoms with Gasteiger partial charge in [0.2, 0.25) is 0 Å². The van der Waals surface area contributed by atoms with Crippen molar-refractivity contribution in [3.8, 4) is 11.4 Å². The Bertz CT molecular complexity index is 3350. The minimum Gasteiger partial charge on any atom is -0.337 e. The molecule has 1 saturated carbocycles. The van der Waals surface area contributed by atoms with Crippen LogP contribution in [0.15, 0.2) is 176 Å². The van der Waals surface area contributed by atoms with E-state index in [0.29, 0.717) is 12.0 Å². The second-order valence-corrected chi connectivity index (χ2v) is 16.7. The number of allylic oxidation sites excluding steroid dienone is 4. The zero-order valence-electron chi connectivity index (χ0n) is 32.3. The Kier molecular flexibility index (Phi) is 6.89. The fraction of sp³-hybridized carbons (Fsp3) is 0.148. The number of para-hydroxylation sites is 4. The van der Waals surface area contributed by atoms with Gasteiger partial charge in [0.25, 0.3) is 0 Å². The highest BCUT2D eigenvalue weighted by molar-refractivity contribution is 6.19. The molecule has 0 bridgehead atoms. The zero-order chi connectivity index (χ0) is 37.9. The van der Waals surface area contributed by atoms with Crippen molar-refractivity contribution >= 4 is 76.8 Å². The molecule has 10 aromatic rings. The fourth-order valence-corrected chi connectivity index (χ4v) is 11.4. The molecular formula is C54H42N4. The van der Waals surface area contributed by atoms with Crippen LogP contribution in [0.3, 0.4) is 0 Å². The molecule has 3 aliphatic rings. The largest absolute Gasteiger partial charge is 0.337 e. The number of hydrogen-bond donors (Lipinski definition) is 0. The van der Waals surface area contributed by atoms with Gasteiger partial charge in [0.1, 0.15) is 0 Å². The fourth-order valence-electron chi connectivity index (χ4n) is 11.4. The second-order valence-electron chi connectivity index (χ2n) is 16.7. The molecule has 58 heavy (non-hydrogen) atoms. The molecule has 4 nitrogen and oxygen atoms in total. The SMILES string of the molecule is C1=CCC(n2c3ccccc3c3cc4c5ccccc5n(-c5cccc(N6c7c(ccc8c7c7ccccc7n8-c7ccccc7)[C@H]7CCCCC76)c5)c4cc32)C=C1. The lowest BCUT2D eigenvalue weighted by Crippen LogP contribution is -2.32. The lowest BCUT2D eigenvalue weighted by molar-refractivity contribution is 0.402. The first-order valence-corrected chi connectivity index (χ1v) is 21.1. The number of fused-ring (bicyclic) bond motifs is 13. The third-order valence-corrected chi connectivity index (χ3v) is 13.7. The molecular weight excluding hydrogens is 705 g/mol. The lowest BCUT2D eigenvalue weighted by atomic mass is 9.82. The predicted molar refractivity (Wildman–Crippen MR) is 244 cm³/mol. The Labute approximate surface area is 337 Å². The van der Waals surface area contributed by atoms with Gasteiger partial charge in [-0.1, -0.05) is 122 Å². The quantitative estimate of drug-likeness (QED) is 0.175. The Hall–Kier alpha value is -6.78. The van der Waals surface area contributed by atoms with Crippen molar-refractivity contribution < 1.29 is 0 Å². The summed E-state index contributed by atoms with van der Waals surface area (Å²) in [5, 5.41) is 7.91. The summed E-state index contributed by atoms with van der Waals surface area (Å²) in [5.41, 5.74) is 14.2. The molecule has 3 aromatic heterocycles. The van der Waals surface area contributed by atoms with Gasteiger partial charge in [-0.3, -0.25) is 0 Å². The Morgan fingerprint density at radius 2 is 1.12 bits per heavy atom. The number of anilines is 2. The van der Waals surface area contributed by atoms with Crippen LogP contribution < -0.4 is 4.90 Å². The number of rotatable bonds is 4. The maximum absolute atomic E-state index is 2.76. The van der Waals surface area contributed by atoms with E-state index in [2.05, 4.69) is 195 Å². The highest BCUT2D eigenvalue weighted by Crippen LogP contribution is 2.55. The highest BCUT2D eigenvalue weighted by atomic mass is 15.2. The van der Waals surface area contributed by atoms with Crippen LogP contribution in [0.25, 0.3) is 76.8 Å². The van der Waals surface area contributed by atoms with Crippen molar-refractivity contribution in [1.29, 1.82) is 0 Å². The van der Waals surface area contributed by atoms with Crippen LogP contribution in [-0.4, -0.2) is 19.7 Å². The Morgan fingerprint density at radius 1 is 0.448 bits per heavy atom. The first-order valence-electron chi connectivity index (χ1n) is 21.1. The number of aromatic nitrogens is 3. The van der Waals surface area contributed by atoms with Gasteiger partial charge >= 0.3 is 0 Å². The maximum Gasteiger partial charge on any atom is 0.0562 e. The monoisotopic (exact) mass is 746 g/mol. The smallest absolute Gasteiger partial charge is 0.0562 e. The van der Waals surface area contributed by atoms with E-state index in [4.69, 9.17) is 0 Å². The Morgan fingerprint density at radius 3 is 1.95 bits per heavy atom. The van der Waals surface area contributed by atoms with E-state index < -0.39 is 0 Å². The van der Waals surface area contributed by atoms with Gasteiger partial charge < -0.3 is 18.6 Å². The van der Waals surface area contributed by atoms with Gasteiger partial charge in [-0.05, 0) is 91.6 Å².